The number of aryl methyl sites for hydroxylation is 1. The van der Waals surface area contributed by atoms with E-state index in [0.29, 0.717) is 36.4 Å². The average Bonchev–Trinajstić information content (AvgIpc) is 2.67. The molecule has 2 aromatic rings. The number of nitrogens with zero attached hydrogens (tertiary/aromatic N) is 2. The van der Waals surface area contributed by atoms with Crippen molar-refractivity contribution in [2.24, 2.45) is 0 Å². The number of carbonyl (C=O) groups is 2. The van der Waals surface area contributed by atoms with Crippen molar-refractivity contribution in [3.05, 3.63) is 53.3 Å². The van der Waals surface area contributed by atoms with E-state index in [-0.39, 0.29) is 12.8 Å². The monoisotopic (exact) mass is 453 g/mol. The van der Waals surface area contributed by atoms with Gasteiger partial charge in [0.05, 0.1) is 11.9 Å². The minimum absolute atomic E-state index is 0.347. The van der Waals surface area contributed by atoms with Crippen molar-refractivity contribution in [1.29, 1.82) is 0 Å². The SMILES string of the molecule is O=CN(c1cncc(P)c1)C(CCCc1ccccc1Cl)C(=O)NC1CC(F)(F)C1. The Kier molecular flexibility index (Phi) is 7.37. The number of hydrogen-bond donors (Lipinski definition) is 1. The molecule has 30 heavy (non-hydrogen) atoms. The molecule has 1 aliphatic carbocycles. The molecule has 0 saturated heterocycles. The van der Waals surface area contributed by atoms with Gasteiger partial charge in [-0.2, -0.15) is 0 Å². The van der Waals surface area contributed by atoms with Crippen LogP contribution in [-0.2, 0) is 16.0 Å². The van der Waals surface area contributed by atoms with E-state index in [0.717, 1.165) is 10.9 Å². The lowest BCUT2D eigenvalue weighted by Crippen LogP contribution is -2.55. The Morgan fingerprint density at radius 3 is 2.73 bits per heavy atom. The largest absolute Gasteiger partial charge is 0.351 e. The molecule has 2 atom stereocenters. The summed E-state index contributed by atoms with van der Waals surface area (Å²) in [5.41, 5.74) is 1.41. The average molecular weight is 454 g/mol. The summed E-state index contributed by atoms with van der Waals surface area (Å²) in [6.45, 7) is 0. The van der Waals surface area contributed by atoms with Crippen LogP contribution < -0.4 is 15.5 Å². The third-order valence-electron chi connectivity index (χ3n) is 5.11. The van der Waals surface area contributed by atoms with Crippen molar-refractivity contribution >= 4 is 44.1 Å². The minimum Gasteiger partial charge on any atom is -0.351 e. The molecule has 1 aromatic heterocycles. The maximum atomic E-state index is 13.2. The van der Waals surface area contributed by atoms with Gasteiger partial charge in [-0.15, -0.1) is 9.24 Å². The van der Waals surface area contributed by atoms with Crippen LogP contribution in [0.3, 0.4) is 0 Å². The third-order valence-corrected chi connectivity index (χ3v) is 5.80. The molecule has 160 valence electrons. The van der Waals surface area contributed by atoms with Crippen molar-refractivity contribution in [3.8, 4) is 0 Å². The molecule has 5 nitrogen and oxygen atoms in total. The number of alkyl halides is 2. The molecule has 2 unspecified atom stereocenters. The number of pyridine rings is 1. The van der Waals surface area contributed by atoms with E-state index < -0.39 is 23.9 Å². The number of halogens is 3. The maximum absolute atomic E-state index is 13.2. The third kappa shape index (κ3) is 5.73. The second kappa shape index (κ2) is 9.80. The van der Waals surface area contributed by atoms with Crippen LogP contribution in [0, 0.1) is 0 Å². The van der Waals surface area contributed by atoms with Gasteiger partial charge in [0.25, 0.3) is 5.92 Å². The fourth-order valence-electron chi connectivity index (χ4n) is 3.54. The molecule has 9 heteroatoms. The molecule has 1 aromatic carbocycles. The Labute approximate surface area is 181 Å². The van der Waals surface area contributed by atoms with E-state index in [1.807, 2.05) is 18.2 Å². The van der Waals surface area contributed by atoms with Gasteiger partial charge >= 0.3 is 0 Å². The summed E-state index contributed by atoms with van der Waals surface area (Å²) in [6.07, 6.45) is 4.48. The Hall–Kier alpha value is -2.11. The molecule has 0 bridgehead atoms. The van der Waals surface area contributed by atoms with Crippen molar-refractivity contribution in [2.45, 2.75) is 50.1 Å². The second-order valence-corrected chi connectivity index (χ2v) is 8.53. The van der Waals surface area contributed by atoms with Crippen molar-refractivity contribution in [3.63, 3.8) is 0 Å². The van der Waals surface area contributed by atoms with Crippen molar-refractivity contribution < 1.29 is 18.4 Å². The zero-order chi connectivity index (χ0) is 21.7. The van der Waals surface area contributed by atoms with Gasteiger partial charge in [0.1, 0.15) is 6.04 Å². The predicted molar refractivity (Wildman–Crippen MR) is 116 cm³/mol. The van der Waals surface area contributed by atoms with Crippen LogP contribution >= 0.6 is 20.8 Å². The summed E-state index contributed by atoms with van der Waals surface area (Å²) < 4.78 is 26.3. The smallest absolute Gasteiger partial charge is 0.252 e. The number of hydrogen-bond acceptors (Lipinski definition) is 3. The van der Waals surface area contributed by atoms with Crippen molar-refractivity contribution in [2.75, 3.05) is 4.90 Å². The zero-order valence-electron chi connectivity index (χ0n) is 16.2. The molecular formula is C21H23ClF2N3O2P. The molecule has 2 amide bonds. The molecule has 3 rings (SSSR count). The normalized spacial score (nSPS) is 16.4. The first-order valence-corrected chi connectivity index (χ1v) is 10.6. The molecule has 1 saturated carbocycles. The summed E-state index contributed by atoms with van der Waals surface area (Å²) in [6, 6.07) is 7.73. The van der Waals surface area contributed by atoms with Gasteiger partial charge in [0.2, 0.25) is 12.3 Å². The highest BCUT2D eigenvalue weighted by Crippen LogP contribution is 2.37. The van der Waals surface area contributed by atoms with E-state index >= 15 is 0 Å². The number of rotatable bonds is 9. The second-order valence-electron chi connectivity index (χ2n) is 7.46. The summed E-state index contributed by atoms with van der Waals surface area (Å²) in [5, 5.41) is 4.06. The number of aromatic nitrogens is 1. The Morgan fingerprint density at radius 1 is 1.37 bits per heavy atom. The predicted octanol–water partition coefficient (Wildman–Crippen LogP) is 3.50. The van der Waals surface area contributed by atoms with Crippen LogP contribution in [0.4, 0.5) is 14.5 Å². The molecule has 1 N–H and O–H groups in total. The number of benzene rings is 1. The standard InChI is InChI=1S/C21H23ClF2N3O2P/c22-18-6-2-1-4-14(18)5-3-7-19(20(29)26-15-9-21(23,24)10-15)27(13-28)16-8-17(30)12-25-11-16/h1-2,4,6,8,11-13,15,19H,3,5,7,9-10,30H2,(H,26,29). The Morgan fingerprint density at radius 2 is 2.10 bits per heavy atom. The van der Waals surface area contributed by atoms with Crippen LogP contribution in [0.2, 0.25) is 5.02 Å². The van der Waals surface area contributed by atoms with Gasteiger partial charge in [0.15, 0.2) is 0 Å². The van der Waals surface area contributed by atoms with Gasteiger partial charge in [-0.05, 0) is 42.3 Å². The first kappa shape index (κ1) is 22.6. The number of nitrogens with one attached hydrogen (secondary N) is 1. The van der Waals surface area contributed by atoms with Gasteiger partial charge < -0.3 is 10.2 Å². The highest BCUT2D eigenvalue weighted by atomic mass is 35.5. The highest BCUT2D eigenvalue weighted by Gasteiger charge is 2.46. The van der Waals surface area contributed by atoms with Crippen LogP contribution in [0.5, 0.6) is 0 Å². The fraction of sp³-hybridized carbons (Fsp3) is 0.381. The molecule has 1 heterocycles. The lowest BCUT2D eigenvalue weighted by atomic mass is 9.88. The number of anilines is 1. The van der Waals surface area contributed by atoms with Crippen molar-refractivity contribution in [1.82, 2.24) is 10.3 Å². The lowest BCUT2D eigenvalue weighted by molar-refractivity contribution is -0.131. The number of carbonyl (C=O) groups excluding carboxylic acids is 2. The highest BCUT2D eigenvalue weighted by molar-refractivity contribution is 7.27. The number of amides is 2. The summed E-state index contributed by atoms with van der Waals surface area (Å²) in [4.78, 5) is 30.2. The van der Waals surface area contributed by atoms with E-state index in [9.17, 15) is 18.4 Å². The van der Waals surface area contributed by atoms with Gasteiger partial charge in [0, 0.05) is 30.1 Å². The Bertz CT molecular complexity index is 907. The van der Waals surface area contributed by atoms with Gasteiger partial charge in [-0.1, -0.05) is 29.8 Å². The molecular weight excluding hydrogens is 431 g/mol. The summed E-state index contributed by atoms with van der Waals surface area (Å²) >= 11 is 6.20. The van der Waals surface area contributed by atoms with Crippen LogP contribution in [0.25, 0.3) is 0 Å². The molecule has 0 radical (unpaired) electrons. The first-order chi connectivity index (χ1) is 14.3. The quantitative estimate of drug-likeness (QED) is 0.467. The summed E-state index contributed by atoms with van der Waals surface area (Å²) in [7, 11) is 2.49. The lowest BCUT2D eigenvalue weighted by Gasteiger charge is -2.37. The Balaban J connectivity index is 1.74. The van der Waals surface area contributed by atoms with Gasteiger partial charge in [-0.3, -0.25) is 14.6 Å². The van der Waals surface area contributed by atoms with E-state index in [2.05, 4.69) is 19.5 Å². The van der Waals surface area contributed by atoms with E-state index in [4.69, 9.17) is 11.6 Å². The molecule has 1 fully saturated rings. The van der Waals surface area contributed by atoms with Gasteiger partial charge in [-0.25, -0.2) is 8.78 Å². The molecule has 0 aliphatic heterocycles. The zero-order valence-corrected chi connectivity index (χ0v) is 18.1. The topological polar surface area (TPSA) is 62.3 Å². The van der Waals surface area contributed by atoms with Crippen LogP contribution in [0.1, 0.15) is 31.2 Å². The molecule has 0 spiro atoms. The van der Waals surface area contributed by atoms with E-state index in [1.54, 1.807) is 18.3 Å². The van der Waals surface area contributed by atoms with Crippen LogP contribution in [0.15, 0.2) is 42.7 Å². The fourth-order valence-corrected chi connectivity index (χ4v) is 4.03. The van der Waals surface area contributed by atoms with E-state index in [1.165, 1.54) is 11.1 Å². The maximum Gasteiger partial charge on any atom is 0.252 e. The first-order valence-electron chi connectivity index (χ1n) is 9.65. The van der Waals surface area contributed by atoms with Crippen LogP contribution in [-0.4, -0.2) is 35.3 Å². The minimum atomic E-state index is -2.74. The summed E-state index contributed by atoms with van der Waals surface area (Å²) in [5.74, 6) is -3.18. The molecule has 1 aliphatic rings.